The van der Waals surface area contributed by atoms with Gasteiger partial charge in [-0.25, -0.2) is 19.2 Å². The number of likely N-dealkylation sites (N-methyl/N-ethyl adjacent to an activating group) is 1. The molecule has 1 atom stereocenters. The zero-order valence-corrected chi connectivity index (χ0v) is 29.1. The second-order valence-corrected chi connectivity index (χ2v) is 18.4. The Balaban J connectivity index is 1.91. The van der Waals surface area contributed by atoms with Crippen molar-refractivity contribution in [1.82, 2.24) is 20.0 Å². The smallest absolute Gasteiger partial charge is 0.410 e. The van der Waals surface area contributed by atoms with Crippen LogP contribution < -0.4 is 4.74 Å². The van der Waals surface area contributed by atoms with Gasteiger partial charge >= 0.3 is 6.09 Å². The van der Waals surface area contributed by atoms with E-state index < -0.39 is 31.9 Å². The highest BCUT2D eigenvalue weighted by atomic mass is 35.5. The van der Waals surface area contributed by atoms with E-state index in [9.17, 15) is 4.79 Å². The molecule has 12 heteroatoms. The number of halogens is 2. The highest BCUT2D eigenvalue weighted by molar-refractivity contribution is 6.74. The molecule has 0 saturated carbocycles. The number of carbonyl (C=O) groups is 1. The molecule has 0 bridgehead atoms. The van der Waals surface area contributed by atoms with Gasteiger partial charge in [0.1, 0.15) is 34.7 Å². The van der Waals surface area contributed by atoms with Crippen LogP contribution in [0.1, 0.15) is 58.6 Å². The molecule has 0 radical (unpaired) electrons. The topological polar surface area (TPSA) is 99.8 Å². The summed E-state index contributed by atoms with van der Waals surface area (Å²) in [6.07, 6.45) is -0.925. The second kappa shape index (κ2) is 12.9. The number of hydrogen-bond acceptors (Lipinski definition) is 8. The molecular weight excluding hydrogens is 591 g/mol. The minimum absolute atomic E-state index is 0.0697. The summed E-state index contributed by atoms with van der Waals surface area (Å²) in [6.45, 7) is 21.9. The summed E-state index contributed by atoms with van der Waals surface area (Å²) in [5.74, 6) is 0.533. The minimum Gasteiger partial charge on any atom is -0.491 e. The first-order valence-electron chi connectivity index (χ1n) is 14.2. The van der Waals surface area contributed by atoms with Gasteiger partial charge in [0, 0.05) is 12.6 Å². The van der Waals surface area contributed by atoms with Crippen LogP contribution in [0.25, 0.3) is 22.6 Å². The van der Waals surface area contributed by atoms with Crippen LogP contribution in [0.4, 0.5) is 9.18 Å². The molecule has 0 N–H and O–H groups in total. The minimum atomic E-state index is -2.25. The van der Waals surface area contributed by atoms with Crippen LogP contribution in [0, 0.1) is 26.6 Å². The summed E-state index contributed by atoms with van der Waals surface area (Å²) in [5, 5.41) is 4.14. The standard InChI is InChI=1S/C31H44ClFN4O5Si/c1-18-26(25-19(2)36-41-20(25)3)34-28(35-27(18)32)23-15-21(13-14-24(23)33)39-17-22(42-43(11,12)31(7,8)9)16-37(10)29(38)40-30(4,5)6/h13-15,22H,16-17H2,1-12H3. The van der Waals surface area contributed by atoms with Gasteiger partial charge in [-0.15, -0.1) is 0 Å². The van der Waals surface area contributed by atoms with Crippen molar-refractivity contribution in [3.8, 4) is 28.4 Å². The van der Waals surface area contributed by atoms with Crippen LogP contribution in [0.3, 0.4) is 0 Å². The lowest BCUT2D eigenvalue weighted by atomic mass is 10.1. The first-order chi connectivity index (χ1) is 19.7. The maximum Gasteiger partial charge on any atom is 0.410 e. The zero-order valence-electron chi connectivity index (χ0n) is 27.3. The molecule has 236 valence electrons. The Morgan fingerprint density at radius 2 is 1.77 bits per heavy atom. The van der Waals surface area contributed by atoms with Gasteiger partial charge < -0.3 is 23.3 Å². The molecule has 1 amide bonds. The summed E-state index contributed by atoms with van der Waals surface area (Å²) in [5.41, 5.74) is 1.98. The van der Waals surface area contributed by atoms with Crippen molar-refractivity contribution in [2.24, 2.45) is 0 Å². The van der Waals surface area contributed by atoms with Gasteiger partial charge in [-0.2, -0.15) is 0 Å². The average molecular weight is 635 g/mol. The lowest BCUT2D eigenvalue weighted by molar-refractivity contribution is 0.0172. The Hall–Kier alpha value is -3.02. The Labute approximate surface area is 260 Å². The van der Waals surface area contributed by atoms with Crippen molar-refractivity contribution in [2.45, 2.75) is 92.2 Å². The van der Waals surface area contributed by atoms with Crippen molar-refractivity contribution >= 4 is 26.0 Å². The Morgan fingerprint density at radius 1 is 1.12 bits per heavy atom. The second-order valence-electron chi connectivity index (χ2n) is 13.3. The van der Waals surface area contributed by atoms with Gasteiger partial charge in [0.2, 0.25) is 0 Å². The van der Waals surface area contributed by atoms with E-state index in [2.05, 4.69) is 49.0 Å². The molecule has 0 aliphatic carbocycles. The third-order valence-electron chi connectivity index (χ3n) is 7.42. The number of ether oxygens (including phenoxy) is 2. The molecule has 43 heavy (non-hydrogen) atoms. The van der Waals surface area contributed by atoms with Gasteiger partial charge in [0.15, 0.2) is 14.1 Å². The first-order valence-corrected chi connectivity index (χ1v) is 17.5. The van der Waals surface area contributed by atoms with Gasteiger partial charge in [0.05, 0.1) is 35.2 Å². The molecular formula is C31H44ClFN4O5Si. The molecule has 1 unspecified atom stereocenters. The third kappa shape index (κ3) is 8.54. The van der Waals surface area contributed by atoms with Crippen LogP contribution in [0.2, 0.25) is 23.3 Å². The Kier molecular flexibility index (Phi) is 10.4. The fraction of sp³-hybridized carbons (Fsp3) is 0.548. The molecule has 2 heterocycles. The van der Waals surface area contributed by atoms with E-state index in [1.807, 2.05) is 20.8 Å². The number of benzene rings is 1. The first kappa shape index (κ1) is 34.5. The van der Waals surface area contributed by atoms with E-state index in [4.69, 9.17) is 30.0 Å². The molecule has 0 aliphatic heterocycles. The van der Waals surface area contributed by atoms with E-state index in [0.29, 0.717) is 34.0 Å². The highest BCUT2D eigenvalue weighted by Crippen LogP contribution is 2.38. The van der Waals surface area contributed by atoms with Gasteiger partial charge in [-0.3, -0.25) is 0 Å². The van der Waals surface area contributed by atoms with E-state index in [1.165, 1.54) is 23.1 Å². The van der Waals surface area contributed by atoms with Crippen molar-refractivity contribution in [1.29, 1.82) is 0 Å². The maximum atomic E-state index is 15.2. The van der Waals surface area contributed by atoms with Crippen LogP contribution in [-0.4, -0.2) is 66.3 Å². The monoisotopic (exact) mass is 634 g/mol. The number of aryl methyl sites for hydroxylation is 2. The molecule has 0 saturated heterocycles. The number of hydrogen-bond donors (Lipinski definition) is 0. The molecule has 1 aromatic carbocycles. The molecule has 9 nitrogen and oxygen atoms in total. The summed E-state index contributed by atoms with van der Waals surface area (Å²) in [6, 6.07) is 4.37. The number of carbonyl (C=O) groups excluding carboxylic acids is 1. The Morgan fingerprint density at radius 3 is 2.33 bits per heavy atom. The maximum absolute atomic E-state index is 15.2. The fourth-order valence-corrected chi connectivity index (χ4v) is 5.57. The van der Waals surface area contributed by atoms with Gasteiger partial charge in [0.25, 0.3) is 0 Å². The predicted molar refractivity (Wildman–Crippen MR) is 169 cm³/mol. The predicted octanol–water partition coefficient (Wildman–Crippen LogP) is 8.15. The number of aromatic nitrogens is 3. The average Bonchev–Trinajstić information content (AvgIpc) is 3.20. The van der Waals surface area contributed by atoms with Crippen molar-refractivity contribution in [3.63, 3.8) is 0 Å². The fourth-order valence-electron chi connectivity index (χ4n) is 4.07. The van der Waals surface area contributed by atoms with Crippen molar-refractivity contribution in [3.05, 3.63) is 46.2 Å². The molecule has 0 spiro atoms. The summed E-state index contributed by atoms with van der Waals surface area (Å²) in [7, 11) is -0.579. The lowest BCUT2D eigenvalue weighted by Gasteiger charge is -2.40. The number of rotatable bonds is 9. The van der Waals surface area contributed by atoms with E-state index in [1.54, 1.807) is 27.8 Å². The zero-order chi connectivity index (χ0) is 32.5. The summed E-state index contributed by atoms with van der Waals surface area (Å²) in [4.78, 5) is 23.2. The number of nitrogens with zero attached hydrogens (tertiary/aromatic N) is 4. The molecule has 0 aliphatic rings. The van der Waals surface area contributed by atoms with E-state index in [-0.39, 0.29) is 34.7 Å². The van der Waals surface area contributed by atoms with Crippen LogP contribution >= 0.6 is 11.6 Å². The lowest BCUT2D eigenvalue weighted by Crippen LogP contribution is -2.49. The third-order valence-corrected chi connectivity index (χ3v) is 12.3. The summed E-state index contributed by atoms with van der Waals surface area (Å²) >= 11 is 6.49. The van der Waals surface area contributed by atoms with Crippen LogP contribution in [-0.2, 0) is 9.16 Å². The van der Waals surface area contributed by atoms with Crippen molar-refractivity contribution in [2.75, 3.05) is 20.2 Å². The van der Waals surface area contributed by atoms with Gasteiger partial charge in [-0.1, -0.05) is 37.5 Å². The Bertz CT molecular complexity index is 1450. The highest BCUT2D eigenvalue weighted by Gasteiger charge is 2.40. The quantitative estimate of drug-likeness (QED) is 0.172. The largest absolute Gasteiger partial charge is 0.491 e. The molecule has 2 aromatic heterocycles. The molecule has 3 rings (SSSR count). The number of amides is 1. The SMILES string of the molecule is Cc1noc(C)c1-c1nc(-c2cc(OCC(CN(C)C(=O)OC(C)(C)C)O[Si](C)(C)C(C)(C)C)ccc2F)nc(Cl)c1C. The van der Waals surface area contributed by atoms with E-state index in [0.717, 1.165) is 0 Å². The van der Waals surface area contributed by atoms with Gasteiger partial charge in [-0.05, 0) is 77.9 Å². The molecule has 3 aromatic rings. The van der Waals surface area contributed by atoms with Crippen molar-refractivity contribution < 1.29 is 27.6 Å². The van der Waals surface area contributed by atoms with E-state index >= 15 is 4.39 Å². The van der Waals surface area contributed by atoms with Crippen LogP contribution in [0.15, 0.2) is 22.7 Å². The summed E-state index contributed by atoms with van der Waals surface area (Å²) < 4.78 is 38.8. The molecule has 0 fully saturated rings. The normalized spacial score (nSPS) is 13.2. The van der Waals surface area contributed by atoms with Crippen LogP contribution in [0.5, 0.6) is 5.75 Å².